The SMILES string of the molecule is CC[C@H](Nc1nc(NC2CCC(O)CC2)ncc1C(N)=O)C1CC1. The van der Waals surface area contributed by atoms with Crippen molar-refractivity contribution in [3.8, 4) is 0 Å². The van der Waals surface area contributed by atoms with Crippen molar-refractivity contribution in [3.63, 3.8) is 0 Å². The number of aromatic nitrogens is 2. The van der Waals surface area contributed by atoms with Crippen molar-refractivity contribution < 1.29 is 9.90 Å². The molecule has 2 aliphatic rings. The summed E-state index contributed by atoms with van der Waals surface area (Å²) < 4.78 is 0. The van der Waals surface area contributed by atoms with Crippen molar-refractivity contribution in [2.24, 2.45) is 11.7 Å². The van der Waals surface area contributed by atoms with Gasteiger partial charge in [0.25, 0.3) is 5.91 Å². The van der Waals surface area contributed by atoms with Gasteiger partial charge in [-0.25, -0.2) is 4.98 Å². The second-order valence-electron chi connectivity index (χ2n) is 6.97. The van der Waals surface area contributed by atoms with Crippen LogP contribution >= 0.6 is 0 Å². The molecule has 5 N–H and O–H groups in total. The van der Waals surface area contributed by atoms with Gasteiger partial charge in [-0.3, -0.25) is 4.79 Å². The van der Waals surface area contributed by atoms with E-state index in [-0.39, 0.29) is 12.1 Å². The van der Waals surface area contributed by atoms with Gasteiger partial charge in [0.1, 0.15) is 5.82 Å². The summed E-state index contributed by atoms with van der Waals surface area (Å²) in [7, 11) is 0. The van der Waals surface area contributed by atoms with Crippen LogP contribution in [0.5, 0.6) is 0 Å². The lowest BCUT2D eigenvalue weighted by atomic mass is 9.93. The average molecular weight is 333 g/mol. The van der Waals surface area contributed by atoms with Gasteiger partial charge in [-0.2, -0.15) is 4.98 Å². The van der Waals surface area contributed by atoms with E-state index in [1.165, 1.54) is 19.0 Å². The number of hydrogen-bond donors (Lipinski definition) is 4. The monoisotopic (exact) mass is 333 g/mol. The van der Waals surface area contributed by atoms with Gasteiger partial charge in [0.05, 0.1) is 11.7 Å². The van der Waals surface area contributed by atoms with E-state index in [4.69, 9.17) is 5.73 Å². The molecule has 2 aliphatic carbocycles. The molecule has 0 aliphatic heterocycles. The average Bonchev–Trinajstić information content (AvgIpc) is 3.39. The molecule has 1 aromatic heterocycles. The summed E-state index contributed by atoms with van der Waals surface area (Å²) in [6.45, 7) is 2.13. The number of amides is 1. The number of primary amides is 1. The molecule has 1 aromatic rings. The molecular weight excluding hydrogens is 306 g/mol. The third kappa shape index (κ3) is 4.14. The second kappa shape index (κ2) is 7.34. The van der Waals surface area contributed by atoms with Crippen LogP contribution in [0.15, 0.2) is 6.20 Å². The normalized spacial score (nSPS) is 25.1. The molecule has 1 atom stereocenters. The van der Waals surface area contributed by atoms with E-state index < -0.39 is 5.91 Å². The lowest BCUT2D eigenvalue weighted by molar-refractivity contribution is 0.1000. The second-order valence-corrected chi connectivity index (χ2v) is 6.97. The number of nitrogens with zero attached hydrogens (tertiary/aromatic N) is 2. The Morgan fingerprint density at radius 2 is 2.04 bits per heavy atom. The minimum Gasteiger partial charge on any atom is -0.393 e. The number of aliphatic hydroxyl groups is 1. The lowest BCUT2D eigenvalue weighted by Crippen LogP contribution is -2.30. The van der Waals surface area contributed by atoms with Crippen LogP contribution in [0.4, 0.5) is 11.8 Å². The van der Waals surface area contributed by atoms with E-state index in [9.17, 15) is 9.90 Å². The standard InChI is InChI=1S/C17H27N5O2/c1-2-14(10-3-4-10)21-16-13(15(18)24)9-19-17(22-16)20-11-5-7-12(23)8-6-11/h9-12,14,23H,2-8H2,1H3,(H2,18,24)(H2,19,20,21,22)/t11?,12?,14-/m0/s1. The highest BCUT2D eigenvalue weighted by Crippen LogP contribution is 2.35. The number of rotatable bonds is 7. The molecule has 2 fully saturated rings. The van der Waals surface area contributed by atoms with Crippen molar-refractivity contribution in [3.05, 3.63) is 11.8 Å². The predicted molar refractivity (Wildman–Crippen MR) is 92.9 cm³/mol. The zero-order valence-corrected chi connectivity index (χ0v) is 14.2. The number of carbonyl (C=O) groups is 1. The zero-order valence-electron chi connectivity index (χ0n) is 14.2. The maximum Gasteiger partial charge on any atom is 0.254 e. The molecular formula is C17H27N5O2. The number of nitrogens with two attached hydrogens (primary N) is 1. The van der Waals surface area contributed by atoms with Crippen molar-refractivity contribution >= 4 is 17.7 Å². The van der Waals surface area contributed by atoms with Crippen LogP contribution < -0.4 is 16.4 Å². The Labute approximate surface area is 142 Å². The smallest absolute Gasteiger partial charge is 0.254 e. The fourth-order valence-corrected chi connectivity index (χ4v) is 3.37. The number of hydrogen-bond acceptors (Lipinski definition) is 6. The van der Waals surface area contributed by atoms with Crippen LogP contribution in [-0.4, -0.2) is 39.2 Å². The van der Waals surface area contributed by atoms with Crippen LogP contribution in [0.3, 0.4) is 0 Å². The quantitative estimate of drug-likeness (QED) is 0.606. The number of nitrogens with one attached hydrogen (secondary N) is 2. The van der Waals surface area contributed by atoms with Gasteiger partial charge in [0.2, 0.25) is 5.95 Å². The molecule has 0 bridgehead atoms. The lowest BCUT2D eigenvalue weighted by Gasteiger charge is -2.26. The summed E-state index contributed by atoms with van der Waals surface area (Å²) in [6, 6.07) is 0.571. The molecule has 7 heteroatoms. The summed E-state index contributed by atoms with van der Waals surface area (Å²) in [5, 5.41) is 16.3. The highest BCUT2D eigenvalue weighted by atomic mass is 16.3. The van der Waals surface area contributed by atoms with Gasteiger partial charge in [-0.1, -0.05) is 6.92 Å². The van der Waals surface area contributed by atoms with Gasteiger partial charge in [-0.05, 0) is 50.9 Å². The van der Waals surface area contributed by atoms with E-state index in [0.29, 0.717) is 29.3 Å². The maximum absolute atomic E-state index is 11.7. The Kier molecular flexibility index (Phi) is 5.18. The molecule has 0 unspecified atom stereocenters. The minimum absolute atomic E-state index is 0.192. The number of anilines is 2. The third-order valence-electron chi connectivity index (χ3n) is 5.04. The molecule has 0 saturated heterocycles. The predicted octanol–water partition coefficient (Wildman–Crippen LogP) is 1.89. The zero-order chi connectivity index (χ0) is 17.1. The van der Waals surface area contributed by atoms with Gasteiger partial charge < -0.3 is 21.5 Å². The van der Waals surface area contributed by atoms with Gasteiger partial charge >= 0.3 is 0 Å². The summed E-state index contributed by atoms with van der Waals surface area (Å²) in [6.07, 6.45) is 8.10. The highest BCUT2D eigenvalue weighted by molar-refractivity contribution is 5.97. The first-order valence-corrected chi connectivity index (χ1v) is 8.94. The Bertz CT molecular complexity index is 582. The molecule has 132 valence electrons. The minimum atomic E-state index is -0.518. The van der Waals surface area contributed by atoms with Gasteiger partial charge in [0.15, 0.2) is 0 Å². The summed E-state index contributed by atoms with van der Waals surface area (Å²) in [5.74, 6) is 1.17. The molecule has 1 heterocycles. The fourth-order valence-electron chi connectivity index (χ4n) is 3.37. The molecule has 0 aromatic carbocycles. The third-order valence-corrected chi connectivity index (χ3v) is 5.04. The van der Waals surface area contributed by atoms with Crippen molar-refractivity contribution in [2.45, 2.75) is 70.1 Å². The molecule has 1 amide bonds. The summed E-state index contributed by atoms with van der Waals surface area (Å²) >= 11 is 0. The number of carbonyl (C=O) groups excluding carboxylic acids is 1. The van der Waals surface area contributed by atoms with E-state index in [1.54, 1.807) is 0 Å². The molecule has 24 heavy (non-hydrogen) atoms. The summed E-state index contributed by atoms with van der Waals surface area (Å²) in [4.78, 5) is 20.4. The van der Waals surface area contributed by atoms with Crippen molar-refractivity contribution in [1.29, 1.82) is 0 Å². The number of aliphatic hydroxyl groups excluding tert-OH is 1. The van der Waals surface area contributed by atoms with Crippen LogP contribution in [0.2, 0.25) is 0 Å². The Balaban J connectivity index is 1.73. The Morgan fingerprint density at radius 3 is 2.62 bits per heavy atom. The molecule has 2 saturated carbocycles. The summed E-state index contributed by atoms with van der Waals surface area (Å²) in [5.41, 5.74) is 5.80. The van der Waals surface area contributed by atoms with E-state index in [1.807, 2.05) is 0 Å². The van der Waals surface area contributed by atoms with Crippen LogP contribution in [0.25, 0.3) is 0 Å². The maximum atomic E-state index is 11.7. The molecule has 7 nitrogen and oxygen atoms in total. The van der Waals surface area contributed by atoms with E-state index in [0.717, 1.165) is 32.1 Å². The fraction of sp³-hybridized carbons (Fsp3) is 0.706. The van der Waals surface area contributed by atoms with Crippen molar-refractivity contribution in [2.75, 3.05) is 10.6 Å². The first-order chi connectivity index (χ1) is 11.6. The Hall–Kier alpha value is -1.89. The van der Waals surface area contributed by atoms with Crippen LogP contribution in [-0.2, 0) is 0 Å². The first-order valence-electron chi connectivity index (χ1n) is 8.94. The molecule has 3 rings (SSSR count). The van der Waals surface area contributed by atoms with Crippen LogP contribution in [0.1, 0.15) is 62.2 Å². The van der Waals surface area contributed by atoms with Gasteiger partial charge in [0, 0.05) is 18.3 Å². The van der Waals surface area contributed by atoms with E-state index >= 15 is 0 Å². The Morgan fingerprint density at radius 1 is 1.33 bits per heavy atom. The highest BCUT2D eigenvalue weighted by Gasteiger charge is 2.31. The largest absolute Gasteiger partial charge is 0.393 e. The molecule has 0 radical (unpaired) electrons. The van der Waals surface area contributed by atoms with Crippen LogP contribution in [0, 0.1) is 5.92 Å². The first kappa shape index (κ1) is 17.0. The van der Waals surface area contributed by atoms with E-state index in [2.05, 4.69) is 27.5 Å². The topological polar surface area (TPSA) is 113 Å². The van der Waals surface area contributed by atoms with Gasteiger partial charge in [-0.15, -0.1) is 0 Å². The van der Waals surface area contributed by atoms with Crippen molar-refractivity contribution in [1.82, 2.24) is 9.97 Å². The molecule has 0 spiro atoms.